The van der Waals surface area contributed by atoms with E-state index in [2.05, 4.69) is 10.5 Å². The summed E-state index contributed by atoms with van der Waals surface area (Å²) in [5.74, 6) is 1.11. The number of carbonyl (C=O) groups is 1. The van der Waals surface area contributed by atoms with Crippen LogP contribution in [0.5, 0.6) is 17.2 Å². The molecule has 0 atom stereocenters. The minimum atomic E-state index is -0.371. The lowest BCUT2D eigenvalue weighted by Gasteiger charge is -2.07. The van der Waals surface area contributed by atoms with Gasteiger partial charge in [0.1, 0.15) is 17.2 Å². The van der Waals surface area contributed by atoms with Gasteiger partial charge in [0.25, 0.3) is 5.91 Å². The van der Waals surface area contributed by atoms with Crippen LogP contribution in [0, 0.1) is 0 Å². The highest BCUT2D eigenvalue weighted by Gasteiger charge is 2.04. The van der Waals surface area contributed by atoms with Gasteiger partial charge in [-0.25, -0.2) is 5.43 Å². The predicted molar refractivity (Wildman–Crippen MR) is 102 cm³/mol. The van der Waals surface area contributed by atoms with E-state index in [1.165, 1.54) is 6.21 Å². The number of benzene rings is 2. The summed E-state index contributed by atoms with van der Waals surface area (Å²) in [5, 5.41) is 13.3. The third kappa shape index (κ3) is 4.88. The Morgan fingerprint density at radius 3 is 2.52 bits per heavy atom. The molecule has 0 bridgehead atoms. The number of phenols is 1. The average Bonchev–Trinajstić information content (AvgIpc) is 3.16. The van der Waals surface area contributed by atoms with Crippen molar-refractivity contribution in [3.05, 3.63) is 72.6 Å². The fourth-order valence-corrected chi connectivity index (χ4v) is 2.37. The van der Waals surface area contributed by atoms with Crippen LogP contribution in [-0.4, -0.2) is 35.5 Å². The minimum absolute atomic E-state index is 0.150. The second kappa shape index (κ2) is 8.57. The molecule has 27 heavy (non-hydrogen) atoms. The number of nitrogens with zero attached hydrogens (tertiary/aromatic N) is 2. The third-order valence-corrected chi connectivity index (χ3v) is 3.72. The second-order valence-electron chi connectivity index (χ2n) is 5.58. The number of methoxy groups -OCH3 is 1. The Bertz CT molecular complexity index is 915. The van der Waals surface area contributed by atoms with E-state index in [1.807, 2.05) is 22.9 Å². The van der Waals surface area contributed by atoms with E-state index < -0.39 is 0 Å². The van der Waals surface area contributed by atoms with Gasteiger partial charge in [-0.3, -0.25) is 4.79 Å². The van der Waals surface area contributed by atoms with Gasteiger partial charge in [0, 0.05) is 11.9 Å². The van der Waals surface area contributed by atoms with Gasteiger partial charge in [0.2, 0.25) is 0 Å². The number of amides is 1. The van der Waals surface area contributed by atoms with Crippen molar-refractivity contribution in [2.75, 3.05) is 13.7 Å². The SMILES string of the molecule is COc1ccc(OCC(=O)N/N=C/c2cccn2-c2ccc(O)cc2)cc1. The normalized spacial score (nSPS) is 10.7. The van der Waals surface area contributed by atoms with Crippen LogP contribution in [0.15, 0.2) is 72.0 Å². The summed E-state index contributed by atoms with van der Waals surface area (Å²) >= 11 is 0. The van der Waals surface area contributed by atoms with E-state index in [1.54, 1.807) is 55.6 Å². The van der Waals surface area contributed by atoms with Crippen LogP contribution in [0.25, 0.3) is 5.69 Å². The van der Waals surface area contributed by atoms with Crippen molar-refractivity contribution < 1.29 is 19.4 Å². The molecule has 2 N–H and O–H groups in total. The number of hydrogen-bond acceptors (Lipinski definition) is 5. The highest BCUT2D eigenvalue weighted by Crippen LogP contribution is 2.17. The second-order valence-corrected chi connectivity index (χ2v) is 5.58. The standard InChI is InChI=1S/C20H19N3O4/c1-26-18-8-10-19(11-9-18)27-14-20(25)22-21-13-16-3-2-12-23(16)15-4-6-17(24)7-5-15/h2-13,24H,14H2,1H3,(H,22,25)/b21-13+. The van der Waals surface area contributed by atoms with Crippen molar-refractivity contribution in [2.24, 2.45) is 5.10 Å². The average molecular weight is 365 g/mol. The Morgan fingerprint density at radius 2 is 1.81 bits per heavy atom. The molecule has 138 valence electrons. The summed E-state index contributed by atoms with van der Waals surface area (Å²) in [6.07, 6.45) is 3.40. The molecule has 0 unspecified atom stereocenters. The molecule has 0 saturated heterocycles. The lowest BCUT2D eigenvalue weighted by atomic mass is 10.3. The maximum atomic E-state index is 11.9. The maximum absolute atomic E-state index is 11.9. The van der Waals surface area contributed by atoms with Crippen molar-refractivity contribution in [3.8, 4) is 22.9 Å². The molecule has 0 fully saturated rings. The Hall–Kier alpha value is -3.74. The van der Waals surface area contributed by atoms with E-state index in [-0.39, 0.29) is 18.3 Å². The smallest absolute Gasteiger partial charge is 0.277 e. The maximum Gasteiger partial charge on any atom is 0.277 e. The van der Waals surface area contributed by atoms with Crippen LogP contribution < -0.4 is 14.9 Å². The molecule has 7 nitrogen and oxygen atoms in total. The zero-order valence-electron chi connectivity index (χ0n) is 14.7. The number of aromatic hydroxyl groups is 1. The fourth-order valence-electron chi connectivity index (χ4n) is 2.37. The molecule has 1 aromatic heterocycles. The molecule has 1 amide bonds. The van der Waals surface area contributed by atoms with Gasteiger partial charge in [0.05, 0.1) is 19.0 Å². The van der Waals surface area contributed by atoms with Gasteiger partial charge in [-0.2, -0.15) is 5.10 Å². The molecular formula is C20H19N3O4. The molecule has 3 aromatic rings. The van der Waals surface area contributed by atoms with Gasteiger partial charge in [-0.1, -0.05) is 0 Å². The molecule has 3 rings (SSSR count). The Kier molecular flexibility index (Phi) is 5.73. The number of hydrogen-bond donors (Lipinski definition) is 2. The number of phenolic OH excluding ortho intramolecular Hbond substituents is 1. The lowest BCUT2D eigenvalue weighted by molar-refractivity contribution is -0.123. The molecule has 1 heterocycles. The number of hydrazone groups is 1. The fraction of sp³-hybridized carbons (Fsp3) is 0.100. The third-order valence-electron chi connectivity index (χ3n) is 3.72. The van der Waals surface area contributed by atoms with Gasteiger partial charge < -0.3 is 19.1 Å². The quantitative estimate of drug-likeness (QED) is 0.498. The first kappa shape index (κ1) is 18.1. The van der Waals surface area contributed by atoms with E-state index in [9.17, 15) is 9.90 Å². The van der Waals surface area contributed by atoms with Crippen molar-refractivity contribution in [1.82, 2.24) is 9.99 Å². The van der Waals surface area contributed by atoms with E-state index in [4.69, 9.17) is 9.47 Å². The van der Waals surface area contributed by atoms with Crippen LogP contribution >= 0.6 is 0 Å². The van der Waals surface area contributed by atoms with Crippen molar-refractivity contribution >= 4 is 12.1 Å². The molecule has 0 saturated carbocycles. The van der Waals surface area contributed by atoms with Crippen LogP contribution in [0.4, 0.5) is 0 Å². The van der Waals surface area contributed by atoms with E-state index >= 15 is 0 Å². The Morgan fingerprint density at radius 1 is 1.11 bits per heavy atom. The zero-order valence-corrected chi connectivity index (χ0v) is 14.7. The van der Waals surface area contributed by atoms with Crippen LogP contribution in [-0.2, 0) is 4.79 Å². The molecule has 0 aliphatic rings. The summed E-state index contributed by atoms with van der Waals surface area (Å²) in [7, 11) is 1.58. The van der Waals surface area contributed by atoms with Crippen molar-refractivity contribution in [3.63, 3.8) is 0 Å². The monoisotopic (exact) mass is 365 g/mol. The first-order valence-corrected chi connectivity index (χ1v) is 8.21. The van der Waals surface area contributed by atoms with E-state index in [0.29, 0.717) is 11.5 Å². The van der Waals surface area contributed by atoms with Gasteiger partial charge >= 0.3 is 0 Å². The summed E-state index contributed by atoms with van der Waals surface area (Å²) in [5.41, 5.74) is 4.07. The predicted octanol–water partition coefficient (Wildman–Crippen LogP) is 2.72. The summed E-state index contributed by atoms with van der Waals surface area (Å²) in [6, 6.07) is 17.5. The molecule has 2 aromatic carbocycles. The highest BCUT2D eigenvalue weighted by molar-refractivity contribution is 5.82. The minimum Gasteiger partial charge on any atom is -0.508 e. The number of nitrogens with one attached hydrogen (secondary N) is 1. The molecule has 0 radical (unpaired) electrons. The molecule has 0 aliphatic carbocycles. The van der Waals surface area contributed by atoms with Crippen molar-refractivity contribution in [2.45, 2.75) is 0 Å². The number of carbonyl (C=O) groups excluding carboxylic acids is 1. The number of rotatable bonds is 7. The van der Waals surface area contributed by atoms with Crippen LogP contribution in [0.1, 0.15) is 5.69 Å². The summed E-state index contributed by atoms with van der Waals surface area (Å²) in [4.78, 5) is 11.9. The summed E-state index contributed by atoms with van der Waals surface area (Å²) in [6.45, 7) is -0.150. The summed E-state index contributed by atoms with van der Waals surface area (Å²) < 4.78 is 12.3. The first-order valence-electron chi connectivity index (χ1n) is 8.21. The molecule has 0 aliphatic heterocycles. The Balaban J connectivity index is 1.53. The molecule has 0 spiro atoms. The molecular weight excluding hydrogens is 346 g/mol. The van der Waals surface area contributed by atoms with Gasteiger partial charge in [-0.15, -0.1) is 0 Å². The Labute approximate surface area is 156 Å². The topological polar surface area (TPSA) is 85.1 Å². The van der Waals surface area contributed by atoms with Gasteiger partial charge in [0.15, 0.2) is 6.61 Å². The van der Waals surface area contributed by atoms with Crippen LogP contribution in [0.3, 0.4) is 0 Å². The zero-order chi connectivity index (χ0) is 19.1. The highest BCUT2D eigenvalue weighted by atomic mass is 16.5. The largest absolute Gasteiger partial charge is 0.508 e. The number of ether oxygens (including phenoxy) is 2. The van der Waals surface area contributed by atoms with Gasteiger partial charge in [-0.05, 0) is 60.7 Å². The van der Waals surface area contributed by atoms with Crippen molar-refractivity contribution in [1.29, 1.82) is 0 Å². The number of aromatic nitrogens is 1. The first-order chi connectivity index (χ1) is 13.2. The lowest BCUT2D eigenvalue weighted by Crippen LogP contribution is -2.24. The molecule has 7 heteroatoms. The van der Waals surface area contributed by atoms with E-state index in [0.717, 1.165) is 11.4 Å². The van der Waals surface area contributed by atoms with Crippen LogP contribution in [0.2, 0.25) is 0 Å².